The number of nitrogens with one attached hydrogen (secondary N) is 1. The lowest BCUT2D eigenvalue weighted by Gasteiger charge is -2.32. The van der Waals surface area contributed by atoms with Crippen molar-refractivity contribution in [3.8, 4) is 0 Å². The highest BCUT2D eigenvalue weighted by Gasteiger charge is 2.29. The first-order valence-electron chi connectivity index (χ1n) is 9.43. The van der Waals surface area contributed by atoms with Gasteiger partial charge >= 0.3 is 6.03 Å². The van der Waals surface area contributed by atoms with E-state index in [0.29, 0.717) is 19.6 Å². The second-order valence-corrected chi connectivity index (χ2v) is 7.67. The molecule has 0 radical (unpaired) electrons. The maximum absolute atomic E-state index is 13.0. The second kappa shape index (κ2) is 9.60. The van der Waals surface area contributed by atoms with E-state index in [2.05, 4.69) is 17.4 Å². The van der Waals surface area contributed by atoms with Crippen LogP contribution in [-0.4, -0.2) is 42.6 Å². The van der Waals surface area contributed by atoms with Gasteiger partial charge in [-0.05, 0) is 37.1 Å². The van der Waals surface area contributed by atoms with Crippen LogP contribution in [0.2, 0.25) is 0 Å². The fourth-order valence-electron chi connectivity index (χ4n) is 3.51. The first kappa shape index (κ1) is 19.5. The lowest BCUT2D eigenvalue weighted by Crippen LogP contribution is -2.47. The maximum Gasteiger partial charge on any atom is 0.317 e. The minimum Gasteiger partial charge on any atom is -0.338 e. The van der Waals surface area contributed by atoms with Gasteiger partial charge in [0.1, 0.15) is 0 Å². The van der Waals surface area contributed by atoms with Crippen LogP contribution in [0.1, 0.15) is 28.8 Å². The van der Waals surface area contributed by atoms with E-state index < -0.39 is 0 Å². The minimum atomic E-state index is -0.119. The number of hydrogen-bond acceptors (Lipinski definition) is 3. The van der Waals surface area contributed by atoms with Crippen molar-refractivity contribution >= 4 is 23.6 Å². The number of thioether (sulfide) groups is 1. The largest absolute Gasteiger partial charge is 0.338 e. The van der Waals surface area contributed by atoms with Crippen LogP contribution in [0.3, 0.4) is 0 Å². The summed E-state index contributed by atoms with van der Waals surface area (Å²) in [6.07, 6.45) is 4.50. The van der Waals surface area contributed by atoms with Crippen LogP contribution in [0.25, 0.3) is 0 Å². The number of likely N-dealkylation sites (tertiary alicyclic amines) is 1. The molecule has 0 unspecified atom stereocenters. The molecule has 1 heterocycles. The van der Waals surface area contributed by atoms with Gasteiger partial charge in [0.05, 0.1) is 0 Å². The monoisotopic (exact) mass is 382 g/mol. The van der Waals surface area contributed by atoms with Crippen molar-refractivity contribution in [1.29, 1.82) is 0 Å². The third-order valence-corrected chi connectivity index (χ3v) is 5.78. The Labute approximate surface area is 165 Å². The molecular weight excluding hydrogens is 356 g/mol. The molecule has 2 amide bonds. The summed E-state index contributed by atoms with van der Waals surface area (Å²) in [5.74, 6) is 0.0358. The van der Waals surface area contributed by atoms with E-state index in [1.165, 1.54) is 5.56 Å². The molecule has 4 nitrogen and oxygen atoms in total. The summed E-state index contributed by atoms with van der Waals surface area (Å²) in [5, 5.41) is 2.99. The maximum atomic E-state index is 13.0. The first-order chi connectivity index (χ1) is 13.2. The number of nitrogens with zero attached hydrogens (tertiary/aromatic N) is 1. The summed E-state index contributed by atoms with van der Waals surface area (Å²) < 4.78 is 0. The van der Waals surface area contributed by atoms with Crippen molar-refractivity contribution < 1.29 is 9.59 Å². The Bertz CT molecular complexity index is 779. The van der Waals surface area contributed by atoms with Crippen LogP contribution in [0.5, 0.6) is 0 Å². The van der Waals surface area contributed by atoms with E-state index in [1.54, 1.807) is 16.7 Å². The number of benzene rings is 2. The Hall–Kier alpha value is -2.27. The fraction of sp³-hybridized carbons (Fsp3) is 0.364. The number of urea groups is 1. The summed E-state index contributed by atoms with van der Waals surface area (Å²) in [4.78, 5) is 28.3. The summed E-state index contributed by atoms with van der Waals surface area (Å²) >= 11 is 1.59. The Balaban J connectivity index is 1.55. The Kier molecular flexibility index (Phi) is 6.93. The molecule has 142 valence electrons. The zero-order valence-corrected chi connectivity index (χ0v) is 16.5. The third kappa shape index (κ3) is 5.13. The van der Waals surface area contributed by atoms with E-state index in [9.17, 15) is 9.59 Å². The van der Waals surface area contributed by atoms with Crippen LogP contribution in [0.4, 0.5) is 4.79 Å². The summed E-state index contributed by atoms with van der Waals surface area (Å²) in [6, 6.07) is 17.8. The van der Waals surface area contributed by atoms with Gasteiger partial charge < -0.3 is 10.2 Å². The molecule has 1 N–H and O–H groups in total. The molecule has 1 fully saturated rings. The van der Waals surface area contributed by atoms with E-state index in [4.69, 9.17) is 0 Å². The zero-order valence-electron chi connectivity index (χ0n) is 15.7. The summed E-state index contributed by atoms with van der Waals surface area (Å²) in [6.45, 7) is 1.82. The number of carbonyl (C=O) groups excluding carboxylic acids is 2. The first-order valence-corrected chi connectivity index (χ1v) is 10.7. The molecule has 1 atom stereocenters. The van der Waals surface area contributed by atoms with Crippen molar-refractivity contribution in [2.75, 3.05) is 25.9 Å². The number of amides is 2. The molecule has 0 saturated carbocycles. The molecule has 2 aromatic carbocycles. The van der Waals surface area contributed by atoms with Gasteiger partial charge in [-0.2, -0.15) is 0 Å². The Morgan fingerprint density at radius 2 is 1.85 bits per heavy atom. The molecule has 1 saturated heterocycles. The van der Waals surface area contributed by atoms with Crippen molar-refractivity contribution in [3.63, 3.8) is 0 Å². The van der Waals surface area contributed by atoms with Gasteiger partial charge in [-0.15, -0.1) is 11.8 Å². The lowest BCUT2D eigenvalue weighted by molar-refractivity contribution is 0.0843. The normalized spacial score (nSPS) is 16.8. The highest BCUT2D eigenvalue weighted by molar-refractivity contribution is 7.98. The fourth-order valence-corrected chi connectivity index (χ4v) is 4.12. The van der Waals surface area contributed by atoms with Crippen LogP contribution in [0, 0.1) is 5.92 Å². The van der Waals surface area contributed by atoms with Gasteiger partial charge in [0.15, 0.2) is 5.78 Å². The lowest BCUT2D eigenvalue weighted by atomic mass is 9.90. The van der Waals surface area contributed by atoms with E-state index in [1.807, 2.05) is 48.7 Å². The molecule has 1 aliphatic rings. The SMILES string of the molecule is CSc1ccccc1C(=O)[C@H]1CCCN(C(=O)NCCc2ccccc2)C1. The summed E-state index contributed by atoms with van der Waals surface area (Å²) in [7, 11) is 0. The molecule has 0 bridgehead atoms. The number of Topliss-reactive ketones (excluding diaryl/α,β-unsaturated/α-hetero) is 1. The number of rotatable bonds is 6. The van der Waals surface area contributed by atoms with Crippen LogP contribution in [0.15, 0.2) is 59.5 Å². The van der Waals surface area contributed by atoms with Crippen molar-refractivity contribution in [3.05, 3.63) is 65.7 Å². The van der Waals surface area contributed by atoms with Gasteiger partial charge in [-0.3, -0.25) is 4.79 Å². The van der Waals surface area contributed by atoms with Crippen molar-refractivity contribution in [2.45, 2.75) is 24.2 Å². The summed E-state index contributed by atoms with van der Waals surface area (Å²) in [5.41, 5.74) is 1.99. The van der Waals surface area contributed by atoms with E-state index in [-0.39, 0.29) is 17.7 Å². The smallest absolute Gasteiger partial charge is 0.317 e. The van der Waals surface area contributed by atoms with E-state index >= 15 is 0 Å². The Morgan fingerprint density at radius 1 is 1.11 bits per heavy atom. The minimum absolute atomic E-state index is 0.0680. The standard InChI is InChI=1S/C22H26N2O2S/c1-27-20-12-6-5-11-19(20)21(25)18-10-7-15-24(16-18)22(26)23-14-13-17-8-3-2-4-9-17/h2-6,8-9,11-12,18H,7,10,13-16H2,1H3,(H,23,26)/t18-/m0/s1. The average Bonchev–Trinajstić information content (AvgIpc) is 2.74. The number of piperidine rings is 1. The molecule has 2 aromatic rings. The molecule has 5 heteroatoms. The zero-order chi connectivity index (χ0) is 19.1. The molecule has 0 aliphatic carbocycles. The second-order valence-electron chi connectivity index (χ2n) is 6.82. The molecule has 0 spiro atoms. The van der Waals surface area contributed by atoms with Gasteiger partial charge in [0.2, 0.25) is 0 Å². The quantitative estimate of drug-likeness (QED) is 0.600. The number of carbonyl (C=O) groups is 2. The number of ketones is 1. The number of hydrogen-bond donors (Lipinski definition) is 1. The van der Waals surface area contributed by atoms with E-state index in [0.717, 1.165) is 29.7 Å². The van der Waals surface area contributed by atoms with Gasteiger partial charge in [0.25, 0.3) is 0 Å². The van der Waals surface area contributed by atoms with Crippen molar-refractivity contribution in [2.24, 2.45) is 5.92 Å². The van der Waals surface area contributed by atoms with Gasteiger partial charge in [-0.1, -0.05) is 48.5 Å². The molecular formula is C22H26N2O2S. The topological polar surface area (TPSA) is 49.4 Å². The predicted molar refractivity (Wildman–Crippen MR) is 110 cm³/mol. The van der Waals surface area contributed by atoms with Crippen LogP contribution in [-0.2, 0) is 6.42 Å². The highest BCUT2D eigenvalue weighted by atomic mass is 32.2. The molecule has 3 rings (SSSR count). The van der Waals surface area contributed by atoms with Gasteiger partial charge in [-0.25, -0.2) is 4.79 Å². The third-order valence-electron chi connectivity index (χ3n) is 4.98. The molecule has 1 aliphatic heterocycles. The van der Waals surface area contributed by atoms with Crippen molar-refractivity contribution in [1.82, 2.24) is 10.2 Å². The predicted octanol–water partition coefficient (Wildman–Crippen LogP) is 4.26. The van der Waals surface area contributed by atoms with Crippen LogP contribution >= 0.6 is 11.8 Å². The van der Waals surface area contributed by atoms with Crippen LogP contribution < -0.4 is 5.32 Å². The average molecular weight is 383 g/mol. The van der Waals surface area contributed by atoms with Gasteiger partial charge in [0, 0.05) is 36.0 Å². The highest BCUT2D eigenvalue weighted by Crippen LogP contribution is 2.26. The molecule has 27 heavy (non-hydrogen) atoms. The Morgan fingerprint density at radius 3 is 2.63 bits per heavy atom. The molecule has 0 aromatic heterocycles.